The highest BCUT2D eigenvalue weighted by Gasteiger charge is 2.36. The van der Waals surface area contributed by atoms with Crippen LogP contribution in [0.5, 0.6) is 17.2 Å². The number of methoxy groups -OCH3 is 3. The average molecular weight is 389 g/mol. The molecule has 2 heterocycles. The molecule has 9 nitrogen and oxygen atoms in total. The Hall–Kier alpha value is -3.23. The van der Waals surface area contributed by atoms with E-state index in [2.05, 4.69) is 10.5 Å². The lowest BCUT2D eigenvalue weighted by Crippen LogP contribution is -2.55. The predicted octanol–water partition coefficient (Wildman–Crippen LogP) is 1.40. The number of benzene rings is 1. The molecule has 0 spiro atoms. The van der Waals surface area contributed by atoms with Crippen molar-refractivity contribution >= 4 is 11.8 Å². The van der Waals surface area contributed by atoms with Crippen molar-refractivity contribution in [1.82, 2.24) is 15.4 Å². The summed E-state index contributed by atoms with van der Waals surface area (Å²) < 4.78 is 20.8. The third kappa shape index (κ3) is 3.88. The van der Waals surface area contributed by atoms with Crippen molar-refractivity contribution < 1.29 is 28.3 Å². The van der Waals surface area contributed by atoms with E-state index in [9.17, 15) is 9.59 Å². The lowest BCUT2D eigenvalue weighted by Gasteiger charge is -2.37. The molecule has 9 heteroatoms. The Labute approximate surface area is 162 Å². The highest BCUT2D eigenvalue weighted by molar-refractivity contribution is 5.94. The van der Waals surface area contributed by atoms with Gasteiger partial charge in [-0.25, -0.2) is 0 Å². The molecule has 0 bridgehead atoms. The molecule has 0 radical (unpaired) electrons. The fourth-order valence-electron chi connectivity index (χ4n) is 3.01. The van der Waals surface area contributed by atoms with Crippen LogP contribution in [0.25, 0.3) is 0 Å². The SMILES string of the molecule is COc1cc(CNC(=O)C2CN(C(=O)c3cc(C)on3)C2)cc(OC)c1OC. The van der Waals surface area contributed by atoms with Crippen LogP contribution >= 0.6 is 0 Å². The maximum atomic E-state index is 12.4. The van der Waals surface area contributed by atoms with E-state index in [0.29, 0.717) is 42.6 Å². The first kappa shape index (κ1) is 19.5. The van der Waals surface area contributed by atoms with Crippen LogP contribution in [0.1, 0.15) is 21.8 Å². The molecular weight excluding hydrogens is 366 g/mol. The standard InChI is InChI=1S/C19H23N3O6/c1-11-5-14(21-28-11)19(24)22-9-13(10-22)18(23)20-8-12-6-15(25-2)17(27-4)16(7-12)26-3/h5-7,13H,8-10H2,1-4H3,(H,20,23). The van der Waals surface area contributed by atoms with Crippen LogP contribution in [0.3, 0.4) is 0 Å². The predicted molar refractivity (Wildman–Crippen MR) is 98.6 cm³/mol. The zero-order valence-corrected chi connectivity index (χ0v) is 16.3. The van der Waals surface area contributed by atoms with Crippen LogP contribution in [0.2, 0.25) is 0 Å². The van der Waals surface area contributed by atoms with Crippen molar-refractivity contribution in [2.24, 2.45) is 5.92 Å². The van der Waals surface area contributed by atoms with Gasteiger partial charge in [0.05, 0.1) is 27.2 Å². The topological polar surface area (TPSA) is 103 Å². The molecule has 2 aromatic rings. The Bertz CT molecular complexity index is 847. The number of rotatable bonds is 7. The molecular formula is C19H23N3O6. The Morgan fingerprint density at radius 3 is 2.29 bits per heavy atom. The molecule has 1 saturated heterocycles. The van der Waals surface area contributed by atoms with Gasteiger partial charge in [-0.1, -0.05) is 5.16 Å². The van der Waals surface area contributed by atoms with Gasteiger partial charge in [-0.05, 0) is 24.6 Å². The summed E-state index contributed by atoms with van der Waals surface area (Å²) in [7, 11) is 4.61. The van der Waals surface area contributed by atoms with E-state index in [1.807, 2.05) is 0 Å². The Morgan fingerprint density at radius 1 is 1.14 bits per heavy atom. The lowest BCUT2D eigenvalue weighted by molar-refractivity contribution is -0.129. The molecule has 0 saturated carbocycles. The lowest BCUT2D eigenvalue weighted by atomic mass is 9.98. The van der Waals surface area contributed by atoms with Gasteiger partial charge in [-0.15, -0.1) is 0 Å². The maximum Gasteiger partial charge on any atom is 0.276 e. The van der Waals surface area contributed by atoms with Crippen LogP contribution in [0.4, 0.5) is 0 Å². The number of hydrogen-bond acceptors (Lipinski definition) is 7. The summed E-state index contributed by atoms with van der Waals surface area (Å²) in [6, 6.07) is 5.15. The highest BCUT2D eigenvalue weighted by Crippen LogP contribution is 2.38. The fourth-order valence-corrected chi connectivity index (χ4v) is 3.01. The van der Waals surface area contributed by atoms with Gasteiger partial charge >= 0.3 is 0 Å². The van der Waals surface area contributed by atoms with Crippen molar-refractivity contribution in [3.8, 4) is 17.2 Å². The molecule has 150 valence electrons. The number of aromatic nitrogens is 1. The van der Waals surface area contributed by atoms with E-state index in [1.54, 1.807) is 30.0 Å². The first-order chi connectivity index (χ1) is 13.5. The summed E-state index contributed by atoms with van der Waals surface area (Å²) in [5.74, 6) is 1.52. The molecule has 0 atom stereocenters. The van der Waals surface area contributed by atoms with Crippen LogP contribution < -0.4 is 19.5 Å². The van der Waals surface area contributed by atoms with Gasteiger partial charge in [-0.3, -0.25) is 9.59 Å². The molecule has 1 aromatic carbocycles. The van der Waals surface area contributed by atoms with Gasteiger partial charge in [0.15, 0.2) is 17.2 Å². The Kier molecular flexibility index (Phi) is 5.72. The van der Waals surface area contributed by atoms with E-state index < -0.39 is 0 Å². The van der Waals surface area contributed by atoms with Crippen LogP contribution in [-0.2, 0) is 11.3 Å². The zero-order chi connectivity index (χ0) is 20.3. The van der Waals surface area contributed by atoms with E-state index in [1.165, 1.54) is 21.3 Å². The molecule has 0 unspecified atom stereocenters. The summed E-state index contributed by atoms with van der Waals surface area (Å²) in [6.45, 7) is 2.74. The molecule has 3 rings (SSSR count). The van der Waals surface area contributed by atoms with Crippen LogP contribution in [-0.4, -0.2) is 56.3 Å². The monoisotopic (exact) mass is 389 g/mol. The molecule has 1 fully saturated rings. The number of amides is 2. The number of carbonyl (C=O) groups excluding carboxylic acids is 2. The van der Waals surface area contributed by atoms with Gasteiger partial charge in [0.25, 0.3) is 5.91 Å². The molecule has 0 aliphatic carbocycles. The summed E-state index contributed by atoms with van der Waals surface area (Å²) >= 11 is 0. The minimum absolute atomic E-state index is 0.117. The number of ether oxygens (including phenoxy) is 3. The van der Waals surface area contributed by atoms with Crippen molar-refractivity contribution in [3.05, 3.63) is 35.2 Å². The Balaban J connectivity index is 1.55. The normalized spacial score (nSPS) is 13.6. The van der Waals surface area contributed by atoms with Gasteiger partial charge in [-0.2, -0.15) is 0 Å². The third-order valence-electron chi connectivity index (χ3n) is 4.58. The second-order valence-electron chi connectivity index (χ2n) is 6.48. The number of nitrogens with zero attached hydrogens (tertiary/aromatic N) is 2. The molecule has 1 aliphatic heterocycles. The quantitative estimate of drug-likeness (QED) is 0.763. The van der Waals surface area contributed by atoms with Gasteiger partial charge in [0, 0.05) is 25.7 Å². The van der Waals surface area contributed by atoms with E-state index >= 15 is 0 Å². The largest absolute Gasteiger partial charge is 0.493 e. The van der Waals surface area contributed by atoms with Crippen molar-refractivity contribution in [2.45, 2.75) is 13.5 Å². The highest BCUT2D eigenvalue weighted by atomic mass is 16.5. The smallest absolute Gasteiger partial charge is 0.276 e. The average Bonchev–Trinajstić information content (AvgIpc) is 3.10. The third-order valence-corrected chi connectivity index (χ3v) is 4.58. The van der Waals surface area contributed by atoms with Gasteiger partial charge < -0.3 is 29.0 Å². The van der Waals surface area contributed by atoms with E-state index in [4.69, 9.17) is 18.7 Å². The minimum atomic E-state index is -0.251. The van der Waals surface area contributed by atoms with Crippen molar-refractivity contribution in [3.63, 3.8) is 0 Å². The van der Waals surface area contributed by atoms with E-state index in [0.717, 1.165) is 5.56 Å². The van der Waals surface area contributed by atoms with Crippen LogP contribution in [0, 0.1) is 12.8 Å². The second kappa shape index (κ2) is 8.20. The maximum absolute atomic E-state index is 12.4. The second-order valence-corrected chi connectivity index (χ2v) is 6.48. The van der Waals surface area contributed by atoms with Gasteiger partial charge in [0.1, 0.15) is 5.76 Å². The minimum Gasteiger partial charge on any atom is -0.493 e. The summed E-state index contributed by atoms with van der Waals surface area (Å²) in [5, 5.41) is 6.59. The molecule has 1 aromatic heterocycles. The molecule has 1 aliphatic rings. The van der Waals surface area contributed by atoms with Crippen molar-refractivity contribution in [2.75, 3.05) is 34.4 Å². The number of aryl methyl sites for hydroxylation is 1. The Morgan fingerprint density at radius 2 is 1.79 bits per heavy atom. The first-order valence-electron chi connectivity index (χ1n) is 8.76. The van der Waals surface area contributed by atoms with Gasteiger partial charge in [0.2, 0.25) is 11.7 Å². The first-order valence-corrected chi connectivity index (χ1v) is 8.76. The number of carbonyl (C=O) groups is 2. The summed E-state index contributed by atoms with van der Waals surface area (Å²) in [6.07, 6.45) is 0. The molecule has 28 heavy (non-hydrogen) atoms. The van der Waals surface area contributed by atoms with Crippen molar-refractivity contribution in [1.29, 1.82) is 0 Å². The number of hydrogen-bond donors (Lipinski definition) is 1. The number of nitrogens with one attached hydrogen (secondary N) is 1. The number of likely N-dealkylation sites (tertiary alicyclic amines) is 1. The summed E-state index contributed by atoms with van der Waals surface area (Å²) in [5.41, 5.74) is 1.07. The molecule has 2 amide bonds. The zero-order valence-electron chi connectivity index (χ0n) is 16.3. The molecule has 1 N–H and O–H groups in total. The van der Waals surface area contributed by atoms with Crippen LogP contribution in [0.15, 0.2) is 22.7 Å². The van der Waals surface area contributed by atoms with E-state index in [-0.39, 0.29) is 23.4 Å². The fraction of sp³-hybridized carbons (Fsp3) is 0.421. The summed E-state index contributed by atoms with van der Waals surface area (Å²) in [4.78, 5) is 26.2.